The number of thioether (sulfide) groups is 1. The first-order chi connectivity index (χ1) is 4.91. The summed E-state index contributed by atoms with van der Waals surface area (Å²) >= 11 is 1.96. The predicted octanol–water partition coefficient (Wildman–Crippen LogP) is 0.975. The highest BCUT2D eigenvalue weighted by Gasteiger charge is 1.85. The highest BCUT2D eigenvalue weighted by molar-refractivity contribution is 7.99. The molecule has 62 valence electrons. The number of hydrogen-bond acceptors (Lipinski definition) is 3. The quantitative estimate of drug-likeness (QED) is 0.565. The van der Waals surface area contributed by atoms with Gasteiger partial charge in [-0.2, -0.15) is 11.8 Å². The molecule has 0 unspecified atom stereocenters. The minimum Gasteiger partial charge on any atom is -0.383 e. The lowest BCUT2D eigenvalue weighted by Crippen LogP contribution is -2.21. The van der Waals surface area contributed by atoms with Gasteiger partial charge in [0.05, 0.1) is 6.61 Å². The fourth-order valence-corrected chi connectivity index (χ4v) is 1.17. The van der Waals surface area contributed by atoms with E-state index in [4.69, 9.17) is 4.74 Å². The van der Waals surface area contributed by atoms with Crippen LogP contribution in [0, 0.1) is 0 Å². The van der Waals surface area contributed by atoms with Crippen LogP contribution in [-0.2, 0) is 4.74 Å². The second-order valence-corrected chi connectivity index (χ2v) is 3.33. The summed E-state index contributed by atoms with van der Waals surface area (Å²) in [5.41, 5.74) is 0. The lowest BCUT2D eigenvalue weighted by Gasteiger charge is -2.01. The van der Waals surface area contributed by atoms with Crippen LogP contribution in [0.2, 0.25) is 0 Å². The number of hydrogen-bond donors (Lipinski definition) is 1. The monoisotopic (exact) mass is 163 g/mol. The van der Waals surface area contributed by atoms with E-state index in [0.29, 0.717) is 0 Å². The molecule has 0 aromatic rings. The van der Waals surface area contributed by atoms with Gasteiger partial charge >= 0.3 is 0 Å². The molecule has 0 aliphatic carbocycles. The third kappa shape index (κ3) is 8.27. The summed E-state index contributed by atoms with van der Waals surface area (Å²) in [5, 5.41) is 3.28. The lowest BCUT2D eigenvalue weighted by molar-refractivity contribution is 0.200. The Labute approximate surface area is 67.7 Å². The molecule has 0 saturated heterocycles. The first-order valence-electron chi connectivity index (χ1n) is 3.69. The SMILES string of the molecule is CCSCCNCCOC. The van der Waals surface area contributed by atoms with Crippen molar-refractivity contribution in [3.8, 4) is 0 Å². The molecule has 0 aliphatic rings. The Morgan fingerprint density at radius 1 is 1.40 bits per heavy atom. The van der Waals surface area contributed by atoms with Gasteiger partial charge in [-0.1, -0.05) is 6.92 Å². The van der Waals surface area contributed by atoms with Crippen LogP contribution < -0.4 is 5.32 Å². The van der Waals surface area contributed by atoms with Crippen LogP contribution in [0.5, 0.6) is 0 Å². The molecule has 0 aromatic carbocycles. The van der Waals surface area contributed by atoms with E-state index in [-0.39, 0.29) is 0 Å². The fourth-order valence-electron chi connectivity index (χ4n) is 0.588. The normalized spacial score (nSPS) is 10.2. The highest BCUT2D eigenvalue weighted by atomic mass is 32.2. The second-order valence-electron chi connectivity index (χ2n) is 1.94. The van der Waals surface area contributed by atoms with E-state index in [1.807, 2.05) is 11.8 Å². The summed E-state index contributed by atoms with van der Waals surface area (Å²) < 4.78 is 4.88. The topological polar surface area (TPSA) is 21.3 Å². The Balaban J connectivity index is 2.65. The minimum atomic E-state index is 0.816. The zero-order valence-corrected chi connectivity index (χ0v) is 7.67. The van der Waals surface area contributed by atoms with Gasteiger partial charge in [0.1, 0.15) is 0 Å². The molecule has 0 spiro atoms. The maximum Gasteiger partial charge on any atom is 0.0587 e. The summed E-state index contributed by atoms with van der Waals surface area (Å²) in [6.45, 7) is 5.07. The van der Waals surface area contributed by atoms with Crippen LogP contribution in [0.15, 0.2) is 0 Å². The second kappa shape index (κ2) is 9.27. The molecule has 0 bridgehead atoms. The van der Waals surface area contributed by atoms with Crippen molar-refractivity contribution in [2.24, 2.45) is 0 Å². The van der Waals surface area contributed by atoms with Crippen LogP contribution in [-0.4, -0.2) is 38.3 Å². The van der Waals surface area contributed by atoms with Crippen LogP contribution >= 0.6 is 11.8 Å². The zero-order chi connectivity index (χ0) is 7.66. The van der Waals surface area contributed by atoms with Crippen LogP contribution in [0.1, 0.15) is 6.92 Å². The van der Waals surface area contributed by atoms with Gasteiger partial charge in [-0.15, -0.1) is 0 Å². The molecule has 0 fully saturated rings. The predicted molar refractivity (Wildman–Crippen MR) is 47.7 cm³/mol. The van der Waals surface area contributed by atoms with Crippen LogP contribution in [0.4, 0.5) is 0 Å². The Kier molecular flexibility index (Phi) is 9.52. The van der Waals surface area contributed by atoms with Crippen molar-refractivity contribution in [1.29, 1.82) is 0 Å². The molecule has 0 rings (SSSR count). The first-order valence-corrected chi connectivity index (χ1v) is 4.84. The summed E-state index contributed by atoms with van der Waals surface area (Å²) in [4.78, 5) is 0. The molecule has 0 radical (unpaired) electrons. The number of ether oxygens (including phenoxy) is 1. The maximum atomic E-state index is 4.88. The molecule has 0 aromatic heterocycles. The Bertz CT molecular complexity index is 53.6. The van der Waals surface area contributed by atoms with Crippen molar-refractivity contribution in [2.45, 2.75) is 6.92 Å². The molecular formula is C7H17NOS. The van der Waals surface area contributed by atoms with Gasteiger partial charge in [0, 0.05) is 26.0 Å². The lowest BCUT2D eigenvalue weighted by atomic mass is 10.6. The van der Waals surface area contributed by atoms with Crippen LogP contribution in [0.3, 0.4) is 0 Å². The van der Waals surface area contributed by atoms with E-state index in [1.165, 1.54) is 11.5 Å². The molecule has 0 amide bonds. The van der Waals surface area contributed by atoms with E-state index in [2.05, 4.69) is 12.2 Å². The molecule has 0 heterocycles. The van der Waals surface area contributed by atoms with Gasteiger partial charge in [0.25, 0.3) is 0 Å². The van der Waals surface area contributed by atoms with Crippen molar-refractivity contribution in [3.05, 3.63) is 0 Å². The van der Waals surface area contributed by atoms with Crippen LogP contribution in [0.25, 0.3) is 0 Å². The van der Waals surface area contributed by atoms with E-state index in [1.54, 1.807) is 7.11 Å². The van der Waals surface area contributed by atoms with Crippen molar-refractivity contribution < 1.29 is 4.74 Å². The standard InChI is InChI=1S/C7H17NOS/c1-3-10-7-5-8-4-6-9-2/h8H,3-7H2,1-2H3. The third-order valence-corrected chi connectivity index (χ3v) is 2.01. The number of rotatable bonds is 7. The molecule has 0 atom stereocenters. The van der Waals surface area contributed by atoms with Gasteiger partial charge in [-0.3, -0.25) is 0 Å². The number of nitrogens with one attached hydrogen (secondary N) is 1. The summed E-state index contributed by atoms with van der Waals surface area (Å²) in [6, 6.07) is 0. The molecule has 0 aliphatic heterocycles. The Morgan fingerprint density at radius 2 is 2.20 bits per heavy atom. The van der Waals surface area contributed by atoms with Crippen molar-refractivity contribution >= 4 is 11.8 Å². The largest absolute Gasteiger partial charge is 0.383 e. The van der Waals surface area contributed by atoms with E-state index >= 15 is 0 Å². The van der Waals surface area contributed by atoms with Gasteiger partial charge in [-0.25, -0.2) is 0 Å². The fraction of sp³-hybridized carbons (Fsp3) is 1.00. The van der Waals surface area contributed by atoms with Gasteiger partial charge < -0.3 is 10.1 Å². The molecule has 2 nitrogen and oxygen atoms in total. The highest BCUT2D eigenvalue weighted by Crippen LogP contribution is 1.94. The summed E-state index contributed by atoms with van der Waals surface area (Å²) in [7, 11) is 1.72. The van der Waals surface area contributed by atoms with E-state index < -0.39 is 0 Å². The summed E-state index contributed by atoms with van der Waals surface area (Å²) in [5.74, 6) is 2.42. The zero-order valence-electron chi connectivity index (χ0n) is 6.85. The minimum absolute atomic E-state index is 0.816. The average molecular weight is 163 g/mol. The maximum absolute atomic E-state index is 4.88. The first kappa shape index (κ1) is 10.3. The molecule has 3 heteroatoms. The molecular weight excluding hydrogens is 146 g/mol. The Morgan fingerprint density at radius 3 is 2.80 bits per heavy atom. The summed E-state index contributed by atoms with van der Waals surface area (Å²) in [6.07, 6.45) is 0. The van der Waals surface area contributed by atoms with Gasteiger partial charge in [0.2, 0.25) is 0 Å². The van der Waals surface area contributed by atoms with Crippen molar-refractivity contribution in [2.75, 3.05) is 38.3 Å². The van der Waals surface area contributed by atoms with Crippen molar-refractivity contribution in [1.82, 2.24) is 5.32 Å². The van der Waals surface area contributed by atoms with Gasteiger partial charge in [-0.05, 0) is 5.75 Å². The molecule has 10 heavy (non-hydrogen) atoms. The third-order valence-electron chi connectivity index (χ3n) is 1.11. The van der Waals surface area contributed by atoms with E-state index in [9.17, 15) is 0 Å². The molecule has 1 N–H and O–H groups in total. The van der Waals surface area contributed by atoms with Crippen molar-refractivity contribution in [3.63, 3.8) is 0 Å². The van der Waals surface area contributed by atoms with Gasteiger partial charge in [0.15, 0.2) is 0 Å². The van der Waals surface area contributed by atoms with E-state index in [0.717, 1.165) is 19.7 Å². The Hall–Kier alpha value is 0.270. The number of methoxy groups -OCH3 is 1. The molecule has 0 saturated carbocycles. The average Bonchev–Trinajstić information content (AvgIpc) is 1.97. The smallest absolute Gasteiger partial charge is 0.0587 e.